The molecule has 0 saturated carbocycles. The topological polar surface area (TPSA) is 150 Å². The minimum absolute atomic E-state index is 0.275. The zero-order valence-electron chi connectivity index (χ0n) is 17.9. The van der Waals surface area contributed by atoms with E-state index in [1.807, 2.05) is 0 Å². The molecule has 0 atom stereocenters. The molecule has 0 unspecified atom stereocenters. The second-order valence-electron chi connectivity index (χ2n) is 7.64. The number of unbranched alkanes of at least 4 members (excludes halogenated alkanes) is 9. The summed E-state index contributed by atoms with van der Waals surface area (Å²) in [5, 5.41) is 22.3. The Morgan fingerprint density at radius 3 is 1.81 bits per heavy atom. The Bertz CT molecular complexity index is 1070. The second kappa shape index (κ2) is 11.2. The van der Waals surface area contributed by atoms with E-state index in [1.54, 1.807) is 4.68 Å². The van der Waals surface area contributed by atoms with Gasteiger partial charge in [0, 0.05) is 6.54 Å². The van der Waals surface area contributed by atoms with Gasteiger partial charge in [-0.1, -0.05) is 69.9 Å². The van der Waals surface area contributed by atoms with Crippen LogP contribution in [0, 0.1) is 9.54 Å². The maximum absolute atomic E-state index is 6.07. The van der Waals surface area contributed by atoms with Crippen molar-refractivity contribution in [1.29, 1.82) is 0 Å². The summed E-state index contributed by atoms with van der Waals surface area (Å²) in [5.74, 6) is 12.8. The molecule has 0 radical (unpaired) electrons. The quantitative estimate of drug-likeness (QED) is 0.170. The molecule has 0 aromatic carbocycles. The molecule has 11 nitrogen and oxygen atoms in total. The first-order chi connectivity index (χ1) is 15.0. The van der Waals surface area contributed by atoms with E-state index in [-0.39, 0.29) is 4.77 Å². The zero-order chi connectivity index (χ0) is 22.2. The number of aromatic nitrogens is 9. The molecule has 0 amide bonds. The van der Waals surface area contributed by atoms with Gasteiger partial charge in [-0.25, -0.2) is 24.2 Å². The predicted molar refractivity (Wildman–Crippen MR) is 125 cm³/mol. The standard InChI is InChI=1S/C18H31N11S2/c1-2-3-4-5-6-7-8-9-10-11-12-27-14(16-23-25-18(31)29(16)20)13(21-26-27)15-22-24-17(30)28(15)19/h2-12,19-20H2,1H3,(H,24,30)(H,25,31). The van der Waals surface area contributed by atoms with Crippen molar-refractivity contribution in [3.05, 3.63) is 9.54 Å². The lowest BCUT2D eigenvalue weighted by molar-refractivity contribution is 0.509. The van der Waals surface area contributed by atoms with Gasteiger partial charge in [-0.05, 0) is 30.9 Å². The summed E-state index contributed by atoms with van der Waals surface area (Å²) in [7, 11) is 0. The Morgan fingerprint density at radius 1 is 0.774 bits per heavy atom. The van der Waals surface area contributed by atoms with Crippen LogP contribution in [0.3, 0.4) is 0 Å². The number of rotatable bonds is 13. The monoisotopic (exact) mass is 465 g/mol. The number of nitrogen functional groups attached to an aromatic ring is 2. The van der Waals surface area contributed by atoms with E-state index in [4.69, 9.17) is 36.1 Å². The third-order valence-electron chi connectivity index (χ3n) is 5.29. The van der Waals surface area contributed by atoms with Crippen LogP contribution >= 0.6 is 24.4 Å². The molecule has 6 N–H and O–H groups in total. The Balaban J connectivity index is 1.65. The summed E-state index contributed by atoms with van der Waals surface area (Å²) in [4.78, 5) is 0. The minimum Gasteiger partial charge on any atom is -0.335 e. The molecule has 0 aliphatic carbocycles. The molecule has 0 aliphatic rings. The van der Waals surface area contributed by atoms with Crippen molar-refractivity contribution in [1.82, 2.24) is 44.7 Å². The van der Waals surface area contributed by atoms with Gasteiger partial charge in [-0.15, -0.1) is 5.10 Å². The third-order valence-corrected chi connectivity index (χ3v) is 5.87. The summed E-state index contributed by atoms with van der Waals surface area (Å²) < 4.78 is 4.87. The highest BCUT2D eigenvalue weighted by Crippen LogP contribution is 2.27. The van der Waals surface area contributed by atoms with Gasteiger partial charge < -0.3 is 11.7 Å². The van der Waals surface area contributed by atoms with E-state index in [9.17, 15) is 0 Å². The number of nitrogens with zero attached hydrogens (tertiary/aromatic N) is 7. The smallest absolute Gasteiger partial charge is 0.214 e. The number of nitrogens with two attached hydrogens (primary N) is 2. The van der Waals surface area contributed by atoms with E-state index < -0.39 is 0 Å². The molecule has 3 rings (SSSR count). The molecule has 13 heteroatoms. The van der Waals surface area contributed by atoms with Crippen LogP contribution in [-0.2, 0) is 6.54 Å². The van der Waals surface area contributed by atoms with Crippen LogP contribution in [0.4, 0.5) is 0 Å². The van der Waals surface area contributed by atoms with Gasteiger partial charge in [0.1, 0.15) is 5.69 Å². The molecular formula is C18H31N11S2. The second-order valence-corrected chi connectivity index (χ2v) is 8.41. The Hall–Kier alpha value is -2.54. The first kappa shape index (κ1) is 23.1. The van der Waals surface area contributed by atoms with Gasteiger partial charge >= 0.3 is 0 Å². The third kappa shape index (κ3) is 5.58. The molecule has 3 aromatic rings. The van der Waals surface area contributed by atoms with Gasteiger partial charge in [0.15, 0.2) is 5.69 Å². The van der Waals surface area contributed by atoms with Crippen LogP contribution in [0.25, 0.3) is 23.0 Å². The van der Waals surface area contributed by atoms with Crippen molar-refractivity contribution < 1.29 is 0 Å². The average Bonchev–Trinajstić information content (AvgIpc) is 3.42. The summed E-state index contributed by atoms with van der Waals surface area (Å²) in [6, 6.07) is 0. The van der Waals surface area contributed by atoms with Crippen LogP contribution in [0.2, 0.25) is 0 Å². The van der Waals surface area contributed by atoms with Crippen molar-refractivity contribution in [3.8, 4) is 23.0 Å². The predicted octanol–water partition coefficient (Wildman–Crippen LogP) is 3.47. The van der Waals surface area contributed by atoms with Crippen molar-refractivity contribution in [2.75, 3.05) is 11.7 Å². The highest BCUT2D eigenvalue weighted by Gasteiger charge is 2.24. The first-order valence-corrected chi connectivity index (χ1v) is 11.7. The fraction of sp³-hybridized carbons (Fsp3) is 0.667. The van der Waals surface area contributed by atoms with Gasteiger partial charge in [0.25, 0.3) is 0 Å². The average molecular weight is 466 g/mol. The Morgan fingerprint density at radius 2 is 1.29 bits per heavy atom. The molecule has 3 aromatic heterocycles. The van der Waals surface area contributed by atoms with Gasteiger partial charge in [-0.2, -0.15) is 10.2 Å². The molecule has 3 heterocycles. The Kier molecular flexibility index (Phi) is 8.35. The molecule has 0 aliphatic heterocycles. The molecular weight excluding hydrogens is 434 g/mol. The van der Waals surface area contributed by atoms with E-state index >= 15 is 0 Å². The first-order valence-electron chi connectivity index (χ1n) is 10.8. The van der Waals surface area contributed by atoms with Crippen molar-refractivity contribution >= 4 is 24.4 Å². The van der Waals surface area contributed by atoms with Crippen molar-refractivity contribution in [2.24, 2.45) is 0 Å². The van der Waals surface area contributed by atoms with Crippen LogP contribution < -0.4 is 11.7 Å². The van der Waals surface area contributed by atoms with E-state index in [0.717, 1.165) is 12.8 Å². The summed E-state index contributed by atoms with van der Waals surface area (Å²) in [6.45, 7) is 2.92. The van der Waals surface area contributed by atoms with Crippen molar-refractivity contribution in [2.45, 2.75) is 77.7 Å². The van der Waals surface area contributed by atoms with Crippen LogP contribution in [0.1, 0.15) is 71.1 Å². The number of aryl methyl sites for hydroxylation is 1. The number of nitrogens with one attached hydrogen (secondary N) is 2. The fourth-order valence-corrected chi connectivity index (χ4v) is 3.80. The number of aromatic amines is 2. The lowest BCUT2D eigenvalue weighted by Crippen LogP contribution is -2.14. The lowest BCUT2D eigenvalue weighted by Gasteiger charge is -2.07. The highest BCUT2D eigenvalue weighted by molar-refractivity contribution is 7.71. The highest BCUT2D eigenvalue weighted by atomic mass is 32.1. The largest absolute Gasteiger partial charge is 0.335 e. The molecule has 170 valence electrons. The van der Waals surface area contributed by atoms with Gasteiger partial charge in [0.05, 0.1) is 0 Å². The summed E-state index contributed by atoms with van der Waals surface area (Å²) in [6.07, 6.45) is 12.6. The maximum atomic E-state index is 6.07. The van der Waals surface area contributed by atoms with Gasteiger partial charge in [0.2, 0.25) is 21.2 Å². The van der Waals surface area contributed by atoms with Crippen LogP contribution in [-0.4, -0.2) is 44.7 Å². The number of H-pyrrole nitrogens is 2. The number of hydrogen-bond donors (Lipinski definition) is 4. The zero-order valence-corrected chi connectivity index (χ0v) is 19.5. The fourth-order valence-electron chi connectivity index (χ4n) is 3.53. The molecule has 0 fully saturated rings. The van der Waals surface area contributed by atoms with Gasteiger partial charge in [-0.3, -0.25) is 0 Å². The lowest BCUT2D eigenvalue weighted by atomic mass is 10.1. The van der Waals surface area contributed by atoms with E-state index in [1.165, 1.54) is 60.7 Å². The molecule has 31 heavy (non-hydrogen) atoms. The SMILES string of the molecule is CCCCCCCCCCCCn1nnc(-c2n[nH]c(=S)n2N)c1-c1n[nH]c(=S)n1N. The summed E-state index contributed by atoms with van der Waals surface area (Å²) >= 11 is 10.3. The summed E-state index contributed by atoms with van der Waals surface area (Å²) in [5.41, 5.74) is 1.02. The Labute approximate surface area is 191 Å². The minimum atomic E-state index is 0.275. The molecule has 0 saturated heterocycles. The van der Waals surface area contributed by atoms with Crippen LogP contribution in [0.15, 0.2) is 0 Å². The van der Waals surface area contributed by atoms with Crippen LogP contribution in [0.5, 0.6) is 0 Å². The molecule has 0 spiro atoms. The van der Waals surface area contributed by atoms with E-state index in [2.05, 4.69) is 37.6 Å². The molecule has 0 bridgehead atoms. The maximum Gasteiger partial charge on any atom is 0.214 e. The number of hydrogen-bond acceptors (Lipinski definition) is 8. The van der Waals surface area contributed by atoms with Crippen molar-refractivity contribution in [3.63, 3.8) is 0 Å². The normalized spacial score (nSPS) is 11.4. The van der Waals surface area contributed by atoms with E-state index in [0.29, 0.717) is 34.4 Å².